The van der Waals surface area contributed by atoms with E-state index in [1.807, 2.05) is 6.92 Å². The van der Waals surface area contributed by atoms with Crippen molar-refractivity contribution in [2.75, 3.05) is 0 Å². The number of hydrogen-bond acceptors (Lipinski definition) is 5. The predicted molar refractivity (Wildman–Crippen MR) is 106 cm³/mol. The van der Waals surface area contributed by atoms with Gasteiger partial charge in [-0.2, -0.15) is 8.42 Å². The van der Waals surface area contributed by atoms with Crippen molar-refractivity contribution in [3.63, 3.8) is 0 Å². The summed E-state index contributed by atoms with van der Waals surface area (Å²) in [4.78, 5) is 11.6. The summed E-state index contributed by atoms with van der Waals surface area (Å²) >= 11 is 17.8. The lowest BCUT2D eigenvalue weighted by Crippen LogP contribution is -2.15. The Morgan fingerprint density at radius 1 is 1.04 bits per heavy atom. The van der Waals surface area contributed by atoms with E-state index in [2.05, 4.69) is 0 Å². The van der Waals surface area contributed by atoms with Crippen LogP contribution in [0.3, 0.4) is 0 Å². The molecule has 5 nitrogen and oxygen atoms in total. The predicted octanol–water partition coefficient (Wildman–Crippen LogP) is 5.90. The third-order valence-electron chi connectivity index (χ3n) is 3.45. The molecule has 0 fully saturated rings. The zero-order valence-corrected chi connectivity index (χ0v) is 17.5. The fourth-order valence-corrected chi connectivity index (χ4v) is 4.13. The smallest absolute Gasteiger partial charge is 0.343 e. The number of benzene rings is 2. The van der Waals surface area contributed by atoms with Gasteiger partial charge in [0.25, 0.3) is 0 Å². The first-order valence-electron chi connectivity index (χ1n) is 8.12. The Hall–Kier alpha value is -1.47. The number of hydrogen-bond donors (Lipinski definition) is 0. The molecule has 0 atom stereocenters. The van der Waals surface area contributed by atoms with Crippen LogP contribution in [0.25, 0.3) is 0 Å². The molecule has 27 heavy (non-hydrogen) atoms. The molecule has 0 amide bonds. The molecular formula is C18H17Cl3O5S. The van der Waals surface area contributed by atoms with Gasteiger partial charge in [-0.15, -0.1) is 0 Å². The van der Waals surface area contributed by atoms with Gasteiger partial charge in [0.15, 0.2) is 10.6 Å². The van der Waals surface area contributed by atoms with E-state index in [1.54, 1.807) is 6.07 Å². The average molecular weight is 452 g/mol. The van der Waals surface area contributed by atoms with E-state index in [1.165, 1.54) is 24.3 Å². The molecule has 146 valence electrons. The summed E-state index contributed by atoms with van der Waals surface area (Å²) in [6.07, 6.45) is 2.55. The third-order valence-corrected chi connectivity index (χ3v) is 5.43. The van der Waals surface area contributed by atoms with Gasteiger partial charge in [-0.25, -0.2) is 0 Å². The normalized spacial score (nSPS) is 11.3. The van der Waals surface area contributed by atoms with Crippen molar-refractivity contribution in [1.29, 1.82) is 0 Å². The van der Waals surface area contributed by atoms with Crippen molar-refractivity contribution in [2.45, 2.75) is 37.5 Å². The van der Waals surface area contributed by atoms with Gasteiger partial charge in [-0.1, -0.05) is 60.6 Å². The molecule has 0 aliphatic rings. The minimum absolute atomic E-state index is 0.00109. The number of halogens is 3. The molecular weight excluding hydrogens is 435 g/mol. The lowest BCUT2D eigenvalue weighted by molar-refractivity contribution is -0.134. The Balaban J connectivity index is 2.35. The molecule has 2 aromatic rings. The molecule has 0 aliphatic heterocycles. The van der Waals surface area contributed by atoms with Gasteiger partial charge >= 0.3 is 16.1 Å². The molecule has 0 saturated heterocycles. The zero-order chi connectivity index (χ0) is 20.0. The van der Waals surface area contributed by atoms with Gasteiger partial charge in [-0.05, 0) is 30.7 Å². The zero-order valence-electron chi connectivity index (χ0n) is 14.4. The molecule has 2 aromatic carbocycles. The first-order valence-corrected chi connectivity index (χ1v) is 10.7. The quantitative estimate of drug-likeness (QED) is 0.216. The Bertz CT molecular complexity index is 929. The summed E-state index contributed by atoms with van der Waals surface area (Å²) in [5.41, 5.74) is 0. The van der Waals surface area contributed by atoms with E-state index < -0.39 is 21.0 Å². The highest BCUT2D eigenvalue weighted by molar-refractivity contribution is 7.87. The number of esters is 1. The second kappa shape index (κ2) is 9.64. The molecule has 2 rings (SSSR count). The standard InChI is InChI=1S/C18H17Cl3O5S/c1-2-3-4-8-17(22)25-18-15(21)10-13(20)11-16(18)27(23,24)26-14-7-5-6-12(19)9-14/h5-7,9-11H,2-4,8H2,1H3. The molecule has 0 aromatic heterocycles. The van der Waals surface area contributed by atoms with Crippen molar-refractivity contribution >= 4 is 50.9 Å². The summed E-state index contributed by atoms with van der Waals surface area (Å²) in [7, 11) is -4.38. The SMILES string of the molecule is CCCCCC(=O)Oc1c(Cl)cc(Cl)cc1S(=O)(=O)Oc1cccc(Cl)c1. The van der Waals surface area contributed by atoms with Crippen molar-refractivity contribution < 1.29 is 22.1 Å². The average Bonchev–Trinajstić information content (AvgIpc) is 2.57. The van der Waals surface area contributed by atoms with Crippen molar-refractivity contribution in [1.82, 2.24) is 0 Å². The van der Waals surface area contributed by atoms with E-state index in [4.69, 9.17) is 43.7 Å². The number of carbonyl (C=O) groups is 1. The summed E-state index contributed by atoms with van der Waals surface area (Å²) in [6, 6.07) is 8.26. The molecule has 0 radical (unpaired) electrons. The molecule has 0 heterocycles. The first-order chi connectivity index (χ1) is 12.7. The minimum atomic E-state index is -4.38. The lowest BCUT2D eigenvalue weighted by atomic mass is 10.2. The van der Waals surface area contributed by atoms with Crippen LogP contribution >= 0.6 is 34.8 Å². The second-order valence-electron chi connectivity index (χ2n) is 5.64. The van der Waals surface area contributed by atoms with Crippen LogP contribution in [0, 0.1) is 0 Å². The van der Waals surface area contributed by atoms with Crippen LogP contribution < -0.4 is 8.92 Å². The van der Waals surface area contributed by atoms with E-state index in [0.717, 1.165) is 18.9 Å². The van der Waals surface area contributed by atoms with Gasteiger partial charge in [-0.3, -0.25) is 4.79 Å². The molecule has 0 N–H and O–H groups in total. The maximum Gasteiger partial charge on any atom is 0.343 e. The number of unbranched alkanes of at least 4 members (excludes halogenated alkanes) is 2. The second-order valence-corrected chi connectivity index (χ2v) is 8.44. The van der Waals surface area contributed by atoms with Crippen molar-refractivity contribution in [3.8, 4) is 11.5 Å². The summed E-state index contributed by atoms with van der Waals surface area (Å²) in [5.74, 6) is -0.907. The van der Waals surface area contributed by atoms with Crippen molar-refractivity contribution in [2.24, 2.45) is 0 Å². The van der Waals surface area contributed by atoms with E-state index >= 15 is 0 Å². The number of rotatable bonds is 8. The Kier molecular flexibility index (Phi) is 7.79. The van der Waals surface area contributed by atoms with Crippen LogP contribution in [0.1, 0.15) is 32.6 Å². The first kappa shape index (κ1) is 21.8. The van der Waals surface area contributed by atoms with Crippen LogP contribution in [-0.2, 0) is 14.9 Å². The third kappa shape index (κ3) is 6.28. The number of carbonyl (C=O) groups excluding carboxylic acids is 1. The van der Waals surface area contributed by atoms with Gasteiger partial charge in [0, 0.05) is 22.5 Å². The highest BCUT2D eigenvalue weighted by Gasteiger charge is 2.27. The van der Waals surface area contributed by atoms with E-state index in [9.17, 15) is 13.2 Å². The highest BCUT2D eigenvalue weighted by Crippen LogP contribution is 2.37. The monoisotopic (exact) mass is 450 g/mol. The molecule has 0 saturated carbocycles. The maximum absolute atomic E-state index is 12.7. The lowest BCUT2D eigenvalue weighted by Gasteiger charge is -2.13. The molecule has 9 heteroatoms. The van der Waals surface area contributed by atoms with Crippen LogP contribution in [-0.4, -0.2) is 14.4 Å². The van der Waals surface area contributed by atoms with E-state index in [-0.39, 0.29) is 28.0 Å². The summed E-state index contributed by atoms with van der Waals surface area (Å²) in [5, 5.41) is 0.244. The molecule has 0 unspecified atom stereocenters. The maximum atomic E-state index is 12.7. The van der Waals surface area contributed by atoms with Crippen LogP contribution in [0.5, 0.6) is 11.5 Å². The molecule has 0 aliphatic carbocycles. The molecule has 0 bridgehead atoms. The van der Waals surface area contributed by atoms with Crippen LogP contribution in [0.4, 0.5) is 0 Å². The molecule has 0 spiro atoms. The van der Waals surface area contributed by atoms with Gasteiger partial charge in [0.2, 0.25) is 0 Å². The fourth-order valence-electron chi connectivity index (χ4n) is 2.20. The van der Waals surface area contributed by atoms with Crippen molar-refractivity contribution in [3.05, 3.63) is 51.5 Å². The Morgan fingerprint density at radius 3 is 2.44 bits per heavy atom. The highest BCUT2D eigenvalue weighted by atomic mass is 35.5. The van der Waals surface area contributed by atoms with Crippen LogP contribution in [0.2, 0.25) is 15.1 Å². The summed E-state index contributed by atoms with van der Waals surface area (Å²) < 4.78 is 35.7. The topological polar surface area (TPSA) is 69.7 Å². The Morgan fingerprint density at radius 2 is 1.78 bits per heavy atom. The van der Waals surface area contributed by atoms with Gasteiger partial charge in [0.05, 0.1) is 5.02 Å². The van der Waals surface area contributed by atoms with Crippen LogP contribution in [0.15, 0.2) is 41.3 Å². The largest absolute Gasteiger partial charge is 0.423 e. The minimum Gasteiger partial charge on any atom is -0.423 e. The van der Waals surface area contributed by atoms with Gasteiger partial charge in [0.1, 0.15) is 5.75 Å². The van der Waals surface area contributed by atoms with E-state index in [0.29, 0.717) is 11.4 Å². The number of ether oxygens (including phenoxy) is 1. The van der Waals surface area contributed by atoms with Gasteiger partial charge < -0.3 is 8.92 Å². The fraction of sp³-hybridized carbons (Fsp3) is 0.278. The Labute approximate surface area is 173 Å². The summed E-state index contributed by atoms with van der Waals surface area (Å²) in [6.45, 7) is 2.00.